The first-order valence-electron chi connectivity index (χ1n) is 8.85. The standard InChI is InChI=1S/C21H23BrN2O2/c1-14(16-7-9-18(22)10-8-16)11-21(26)24-13-19(23-15(2)25)12-17-5-3-4-6-20(17)24/h3-10,14,19H,11-13H2,1-2H3,(H,23,25)/t14-,19+/m1/s1. The van der Waals surface area contributed by atoms with E-state index in [9.17, 15) is 9.59 Å². The molecule has 1 aliphatic rings. The molecule has 0 saturated heterocycles. The summed E-state index contributed by atoms with van der Waals surface area (Å²) in [4.78, 5) is 26.3. The second-order valence-electron chi connectivity index (χ2n) is 6.89. The zero-order valence-corrected chi connectivity index (χ0v) is 16.6. The summed E-state index contributed by atoms with van der Waals surface area (Å²) in [7, 11) is 0. The third kappa shape index (κ3) is 4.33. The number of hydrogen-bond acceptors (Lipinski definition) is 2. The smallest absolute Gasteiger partial charge is 0.227 e. The predicted molar refractivity (Wildman–Crippen MR) is 107 cm³/mol. The van der Waals surface area contributed by atoms with Crippen LogP contribution in [0.25, 0.3) is 0 Å². The van der Waals surface area contributed by atoms with E-state index >= 15 is 0 Å². The van der Waals surface area contributed by atoms with Crippen molar-refractivity contribution in [2.75, 3.05) is 11.4 Å². The van der Waals surface area contributed by atoms with Gasteiger partial charge in [0.05, 0.1) is 6.04 Å². The Balaban J connectivity index is 1.78. The number of fused-ring (bicyclic) bond motifs is 1. The molecule has 1 N–H and O–H groups in total. The van der Waals surface area contributed by atoms with Crippen molar-refractivity contribution in [3.8, 4) is 0 Å². The number of anilines is 1. The fourth-order valence-electron chi connectivity index (χ4n) is 3.50. The van der Waals surface area contributed by atoms with Gasteiger partial charge in [-0.1, -0.05) is 53.2 Å². The van der Waals surface area contributed by atoms with Gasteiger partial charge in [0.15, 0.2) is 0 Å². The summed E-state index contributed by atoms with van der Waals surface area (Å²) in [6.07, 6.45) is 1.19. The number of para-hydroxylation sites is 1. The van der Waals surface area contributed by atoms with Crippen LogP contribution in [0.5, 0.6) is 0 Å². The van der Waals surface area contributed by atoms with E-state index in [1.165, 1.54) is 6.92 Å². The first-order valence-corrected chi connectivity index (χ1v) is 9.64. The second-order valence-corrected chi connectivity index (χ2v) is 7.81. The molecule has 2 aromatic carbocycles. The summed E-state index contributed by atoms with van der Waals surface area (Å²) in [5, 5.41) is 2.96. The number of nitrogens with one attached hydrogen (secondary N) is 1. The number of hydrogen-bond donors (Lipinski definition) is 1. The van der Waals surface area contributed by atoms with Crippen molar-refractivity contribution in [3.63, 3.8) is 0 Å². The molecule has 3 rings (SSSR count). The summed E-state index contributed by atoms with van der Waals surface area (Å²) in [6, 6.07) is 16.0. The SMILES string of the molecule is CC(=O)N[C@H]1Cc2ccccc2N(C(=O)C[C@@H](C)c2ccc(Br)cc2)C1. The average molecular weight is 415 g/mol. The van der Waals surface area contributed by atoms with E-state index in [-0.39, 0.29) is 23.8 Å². The Morgan fingerprint density at radius 3 is 2.58 bits per heavy atom. The highest BCUT2D eigenvalue weighted by atomic mass is 79.9. The van der Waals surface area contributed by atoms with Crippen LogP contribution in [0.3, 0.4) is 0 Å². The van der Waals surface area contributed by atoms with Crippen molar-refractivity contribution in [2.45, 2.75) is 38.6 Å². The van der Waals surface area contributed by atoms with Gasteiger partial charge in [0.25, 0.3) is 0 Å². The minimum absolute atomic E-state index is 0.0469. The minimum atomic E-state index is -0.0648. The number of halogens is 1. The van der Waals surface area contributed by atoms with Crippen LogP contribution < -0.4 is 10.2 Å². The van der Waals surface area contributed by atoms with Gasteiger partial charge in [0.2, 0.25) is 11.8 Å². The monoisotopic (exact) mass is 414 g/mol. The van der Waals surface area contributed by atoms with Gasteiger partial charge in [-0.2, -0.15) is 0 Å². The van der Waals surface area contributed by atoms with Gasteiger partial charge in [-0.25, -0.2) is 0 Å². The first kappa shape index (κ1) is 18.6. The van der Waals surface area contributed by atoms with Crippen LogP contribution in [0.4, 0.5) is 5.69 Å². The molecular formula is C21H23BrN2O2. The molecule has 4 nitrogen and oxygen atoms in total. The Labute approximate surface area is 162 Å². The van der Waals surface area contributed by atoms with Crippen LogP contribution in [0.15, 0.2) is 53.0 Å². The Kier molecular flexibility index (Phi) is 5.77. The quantitative estimate of drug-likeness (QED) is 0.820. The summed E-state index contributed by atoms with van der Waals surface area (Å²) < 4.78 is 1.03. The molecule has 0 bridgehead atoms. The Bertz CT molecular complexity index is 804. The number of amides is 2. The molecule has 136 valence electrons. The molecule has 0 spiro atoms. The molecule has 2 aromatic rings. The topological polar surface area (TPSA) is 49.4 Å². The molecule has 2 amide bonds. The molecule has 0 aromatic heterocycles. The molecular weight excluding hydrogens is 392 g/mol. The van der Waals surface area contributed by atoms with Crippen molar-refractivity contribution in [1.29, 1.82) is 0 Å². The molecule has 26 heavy (non-hydrogen) atoms. The fourth-order valence-corrected chi connectivity index (χ4v) is 3.76. The van der Waals surface area contributed by atoms with E-state index in [4.69, 9.17) is 0 Å². The van der Waals surface area contributed by atoms with Crippen LogP contribution in [-0.4, -0.2) is 24.4 Å². The molecule has 0 aliphatic carbocycles. The third-order valence-electron chi connectivity index (χ3n) is 4.78. The Morgan fingerprint density at radius 1 is 1.19 bits per heavy atom. The van der Waals surface area contributed by atoms with Gasteiger partial charge >= 0.3 is 0 Å². The lowest BCUT2D eigenvalue weighted by Crippen LogP contribution is -2.50. The van der Waals surface area contributed by atoms with Crippen molar-refractivity contribution < 1.29 is 9.59 Å². The number of rotatable bonds is 4. The fraction of sp³-hybridized carbons (Fsp3) is 0.333. The summed E-state index contributed by atoms with van der Waals surface area (Å²) in [5.41, 5.74) is 3.20. The number of carbonyl (C=O) groups is 2. The van der Waals surface area contributed by atoms with Crippen LogP contribution in [0.2, 0.25) is 0 Å². The van der Waals surface area contributed by atoms with Crippen molar-refractivity contribution in [1.82, 2.24) is 5.32 Å². The van der Waals surface area contributed by atoms with E-state index in [2.05, 4.69) is 28.2 Å². The molecule has 5 heteroatoms. The zero-order chi connectivity index (χ0) is 18.7. The van der Waals surface area contributed by atoms with Gasteiger partial charge in [0.1, 0.15) is 0 Å². The van der Waals surface area contributed by atoms with Crippen molar-refractivity contribution in [3.05, 3.63) is 64.1 Å². The lowest BCUT2D eigenvalue weighted by Gasteiger charge is -2.35. The molecule has 2 atom stereocenters. The van der Waals surface area contributed by atoms with Gasteiger partial charge in [-0.05, 0) is 41.7 Å². The molecule has 0 unspecified atom stereocenters. The number of carbonyl (C=O) groups excluding carboxylic acids is 2. The number of nitrogens with zero attached hydrogens (tertiary/aromatic N) is 1. The normalized spacial score (nSPS) is 17.3. The van der Waals surface area contributed by atoms with E-state index in [0.29, 0.717) is 13.0 Å². The Morgan fingerprint density at radius 2 is 1.88 bits per heavy atom. The maximum absolute atomic E-state index is 13.0. The van der Waals surface area contributed by atoms with Crippen LogP contribution >= 0.6 is 15.9 Å². The van der Waals surface area contributed by atoms with Crippen molar-refractivity contribution in [2.24, 2.45) is 0 Å². The van der Waals surface area contributed by atoms with Gasteiger partial charge < -0.3 is 10.2 Å². The predicted octanol–water partition coefficient (Wildman–Crippen LogP) is 4.04. The molecule has 1 heterocycles. The summed E-state index contributed by atoms with van der Waals surface area (Å²) in [6.45, 7) is 4.10. The van der Waals surface area contributed by atoms with Crippen LogP contribution in [-0.2, 0) is 16.0 Å². The minimum Gasteiger partial charge on any atom is -0.351 e. The van der Waals surface area contributed by atoms with E-state index in [1.54, 1.807) is 0 Å². The summed E-state index contributed by atoms with van der Waals surface area (Å²) in [5.74, 6) is 0.150. The maximum Gasteiger partial charge on any atom is 0.227 e. The van der Waals surface area contributed by atoms with Crippen LogP contribution in [0, 0.1) is 0 Å². The molecule has 0 saturated carbocycles. The second kappa shape index (κ2) is 8.04. The van der Waals surface area contributed by atoms with E-state index in [0.717, 1.165) is 27.7 Å². The van der Waals surface area contributed by atoms with Crippen molar-refractivity contribution >= 4 is 33.4 Å². The lowest BCUT2D eigenvalue weighted by molar-refractivity contribution is -0.121. The highest BCUT2D eigenvalue weighted by Crippen LogP contribution is 2.30. The van der Waals surface area contributed by atoms with E-state index in [1.807, 2.05) is 53.4 Å². The largest absolute Gasteiger partial charge is 0.351 e. The summed E-state index contributed by atoms with van der Waals surface area (Å²) >= 11 is 3.44. The third-order valence-corrected chi connectivity index (χ3v) is 5.31. The lowest BCUT2D eigenvalue weighted by atomic mass is 9.94. The Hall–Kier alpha value is -2.14. The van der Waals surface area contributed by atoms with Crippen LogP contribution in [0.1, 0.15) is 37.3 Å². The number of benzene rings is 2. The maximum atomic E-state index is 13.0. The zero-order valence-electron chi connectivity index (χ0n) is 15.0. The first-order chi connectivity index (χ1) is 12.4. The highest BCUT2D eigenvalue weighted by molar-refractivity contribution is 9.10. The van der Waals surface area contributed by atoms with Gasteiger partial charge in [-0.3, -0.25) is 9.59 Å². The highest BCUT2D eigenvalue weighted by Gasteiger charge is 2.29. The average Bonchev–Trinajstić information content (AvgIpc) is 2.61. The van der Waals surface area contributed by atoms with E-state index < -0.39 is 0 Å². The molecule has 1 aliphatic heterocycles. The molecule has 0 radical (unpaired) electrons. The molecule has 0 fully saturated rings. The van der Waals surface area contributed by atoms with Gasteiger partial charge in [-0.15, -0.1) is 0 Å². The van der Waals surface area contributed by atoms with Gasteiger partial charge in [0, 0.05) is 30.0 Å².